The van der Waals surface area contributed by atoms with Crippen LogP contribution in [-0.2, 0) is 15.0 Å². The fourth-order valence-electron chi connectivity index (χ4n) is 2.80. The Hall–Kier alpha value is -2.67. The summed E-state index contributed by atoms with van der Waals surface area (Å²) in [7, 11) is 0. The lowest BCUT2D eigenvalue weighted by atomic mass is 9.90. The number of aromatic nitrogens is 2. The molecule has 0 fully saturated rings. The number of amides is 2. The third kappa shape index (κ3) is 4.74. The third-order valence-corrected chi connectivity index (χ3v) is 4.32. The summed E-state index contributed by atoms with van der Waals surface area (Å²) in [6.07, 6.45) is 0.532. The zero-order valence-corrected chi connectivity index (χ0v) is 16.5. The van der Waals surface area contributed by atoms with Crippen molar-refractivity contribution in [2.45, 2.75) is 52.5 Å². The van der Waals surface area contributed by atoms with Gasteiger partial charge in [0.2, 0.25) is 0 Å². The van der Waals surface area contributed by atoms with Gasteiger partial charge in [0.05, 0.1) is 24.0 Å². The molecule has 1 atom stereocenters. The van der Waals surface area contributed by atoms with Crippen molar-refractivity contribution in [2.24, 2.45) is 0 Å². The minimum absolute atomic E-state index is 0.218. The highest BCUT2D eigenvalue weighted by Gasteiger charge is 2.27. The molecule has 0 unspecified atom stereocenters. The number of nitrogens with zero attached hydrogens (tertiary/aromatic N) is 2. The standard InChI is InChI=1S/C20H28N4O3/c1-6-14(12-25)21-18(26)19(27)22-17-13(2)16(20(3,4)5)23-24(17)15-10-8-7-9-11-15/h7-11,14,25H,6,12H2,1-5H3,(H,21,26)(H,22,27)/t14-/m1/s1. The van der Waals surface area contributed by atoms with E-state index in [4.69, 9.17) is 0 Å². The van der Waals surface area contributed by atoms with Crippen LogP contribution in [0.15, 0.2) is 30.3 Å². The molecule has 0 saturated heterocycles. The zero-order chi connectivity index (χ0) is 20.2. The molecule has 2 amide bonds. The van der Waals surface area contributed by atoms with Crippen molar-refractivity contribution in [1.29, 1.82) is 0 Å². The maximum atomic E-state index is 12.4. The van der Waals surface area contributed by atoms with Gasteiger partial charge in [0.15, 0.2) is 0 Å². The molecule has 1 aromatic heterocycles. The van der Waals surface area contributed by atoms with Gasteiger partial charge in [-0.25, -0.2) is 4.68 Å². The first-order chi connectivity index (χ1) is 12.7. The van der Waals surface area contributed by atoms with Crippen LogP contribution in [0.4, 0.5) is 5.82 Å². The minimum Gasteiger partial charge on any atom is -0.394 e. The number of carbonyl (C=O) groups excluding carboxylic acids is 2. The SMILES string of the molecule is CC[C@H](CO)NC(=O)C(=O)Nc1c(C)c(C(C)(C)C)nn1-c1ccccc1. The van der Waals surface area contributed by atoms with Crippen molar-refractivity contribution < 1.29 is 14.7 Å². The topological polar surface area (TPSA) is 96.2 Å². The van der Waals surface area contributed by atoms with Gasteiger partial charge in [-0.2, -0.15) is 5.10 Å². The second kappa shape index (κ2) is 8.35. The van der Waals surface area contributed by atoms with Gasteiger partial charge in [-0.1, -0.05) is 45.9 Å². The van der Waals surface area contributed by atoms with Crippen LogP contribution < -0.4 is 10.6 Å². The van der Waals surface area contributed by atoms with Crippen molar-refractivity contribution in [3.05, 3.63) is 41.6 Å². The Labute approximate surface area is 159 Å². The normalized spacial score (nSPS) is 12.5. The smallest absolute Gasteiger partial charge is 0.314 e. The van der Waals surface area contributed by atoms with E-state index in [2.05, 4.69) is 15.7 Å². The first-order valence-electron chi connectivity index (χ1n) is 9.07. The number of para-hydroxylation sites is 1. The summed E-state index contributed by atoms with van der Waals surface area (Å²) in [4.78, 5) is 24.6. The number of aliphatic hydroxyl groups is 1. The molecule has 0 spiro atoms. The van der Waals surface area contributed by atoms with E-state index in [0.717, 1.165) is 16.9 Å². The minimum atomic E-state index is -0.789. The number of benzene rings is 1. The first-order valence-corrected chi connectivity index (χ1v) is 9.07. The molecule has 0 aliphatic carbocycles. The van der Waals surface area contributed by atoms with Crippen LogP contribution in [-0.4, -0.2) is 39.4 Å². The Morgan fingerprint density at radius 2 is 1.81 bits per heavy atom. The molecule has 7 nitrogen and oxygen atoms in total. The Kier molecular flexibility index (Phi) is 6.38. The summed E-state index contributed by atoms with van der Waals surface area (Å²) in [5, 5.41) is 19.1. The van der Waals surface area contributed by atoms with Crippen molar-refractivity contribution in [3.8, 4) is 5.69 Å². The molecule has 0 aliphatic heterocycles. The maximum absolute atomic E-state index is 12.4. The molecule has 1 heterocycles. The highest BCUT2D eigenvalue weighted by atomic mass is 16.3. The molecule has 0 bridgehead atoms. The summed E-state index contributed by atoms with van der Waals surface area (Å²) in [6.45, 7) is 9.62. The molecule has 27 heavy (non-hydrogen) atoms. The second-order valence-electron chi connectivity index (χ2n) is 7.53. The molecule has 2 aromatic rings. The molecule has 0 radical (unpaired) electrons. The zero-order valence-electron chi connectivity index (χ0n) is 16.5. The van der Waals surface area contributed by atoms with Crippen molar-refractivity contribution in [2.75, 3.05) is 11.9 Å². The maximum Gasteiger partial charge on any atom is 0.314 e. The third-order valence-electron chi connectivity index (χ3n) is 4.32. The van der Waals surface area contributed by atoms with E-state index in [0.29, 0.717) is 12.2 Å². The summed E-state index contributed by atoms with van der Waals surface area (Å²) in [5.41, 5.74) is 2.20. The average Bonchev–Trinajstić information content (AvgIpc) is 2.97. The summed E-state index contributed by atoms with van der Waals surface area (Å²) in [6, 6.07) is 8.98. The van der Waals surface area contributed by atoms with E-state index in [-0.39, 0.29) is 12.0 Å². The highest BCUT2D eigenvalue weighted by Crippen LogP contribution is 2.31. The number of aliphatic hydroxyl groups excluding tert-OH is 1. The van der Waals surface area contributed by atoms with E-state index in [1.54, 1.807) is 4.68 Å². The lowest BCUT2D eigenvalue weighted by Gasteiger charge is -2.16. The highest BCUT2D eigenvalue weighted by molar-refractivity contribution is 6.39. The van der Waals surface area contributed by atoms with Crippen LogP contribution in [0.25, 0.3) is 5.69 Å². The van der Waals surface area contributed by atoms with Crippen molar-refractivity contribution >= 4 is 17.6 Å². The molecule has 0 aliphatic rings. The summed E-state index contributed by atoms with van der Waals surface area (Å²) < 4.78 is 1.64. The Bertz CT molecular complexity index is 803. The van der Waals surface area contributed by atoms with Crippen LogP contribution in [0.2, 0.25) is 0 Å². The second-order valence-corrected chi connectivity index (χ2v) is 7.53. The Morgan fingerprint density at radius 3 is 2.33 bits per heavy atom. The Morgan fingerprint density at radius 1 is 1.19 bits per heavy atom. The molecule has 7 heteroatoms. The predicted octanol–water partition coefficient (Wildman–Crippen LogP) is 2.30. The van der Waals surface area contributed by atoms with Crippen LogP contribution in [0.1, 0.15) is 45.4 Å². The largest absolute Gasteiger partial charge is 0.394 e. The van der Waals surface area contributed by atoms with Gasteiger partial charge in [-0.3, -0.25) is 9.59 Å². The molecule has 3 N–H and O–H groups in total. The van der Waals surface area contributed by atoms with Crippen LogP contribution in [0.5, 0.6) is 0 Å². The van der Waals surface area contributed by atoms with Gasteiger partial charge in [-0.05, 0) is 25.5 Å². The number of carbonyl (C=O) groups is 2. The molecule has 146 valence electrons. The van der Waals surface area contributed by atoms with E-state index in [1.807, 2.05) is 65.0 Å². The predicted molar refractivity (Wildman–Crippen MR) is 105 cm³/mol. The Balaban J connectivity index is 2.39. The summed E-state index contributed by atoms with van der Waals surface area (Å²) in [5.74, 6) is -1.11. The van der Waals surface area contributed by atoms with Crippen LogP contribution in [0.3, 0.4) is 0 Å². The van der Waals surface area contributed by atoms with Crippen LogP contribution >= 0.6 is 0 Å². The van der Waals surface area contributed by atoms with Crippen LogP contribution in [0, 0.1) is 6.92 Å². The van der Waals surface area contributed by atoms with Gasteiger partial charge < -0.3 is 15.7 Å². The van der Waals surface area contributed by atoms with Gasteiger partial charge in [0.25, 0.3) is 0 Å². The summed E-state index contributed by atoms with van der Waals surface area (Å²) >= 11 is 0. The number of rotatable bonds is 5. The number of anilines is 1. The van der Waals surface area contributed by atoms with E-state index >= 15 is 0 Å². The average molecular weight is 372 g/mol. The lowest BCUT2D eigenvalue weighted by molar-refractivity contribution is -0.136. The number of hydrogen-bond donors (Lipinski definition) is 3. The van der Waals surface area contributed by atoms with E-state index < -0.39 is 17.9 Å². The van der Waals surface area contributed by atoms with Gasteiger partial charge >= 0.3 is 11.8 Å². The monoisotopic (exact) mass is 372 g/mol. The number of hydrogen-bond acceptors (Lipinski definition) is 4. The lowest BCUT2D eigenvalue weighted by Crippen LogP contribution is -2.43. The quantitative estimate of drug-likeness (QED) is 0.702. The molecule has 0 saturated carbocycles. The first kappa shape index (κ1) is 20.6. The molecular formula is C20H28N4O3. The van der Waals surface area contributed by atoms with Crippen molar-refractivity contribution in [3.63, 3.8) is 0 Å². The van der Waals surface area contributed by atoms with Gasteiger partial charge in [0, 0.05) is 11.0 Å². The van der Waals surface area contributed by atoms with E-state index in [1.165, 1.54) is 0 Å². The van der Waals surface area contributed by atoms with E-state index in [9.17, 15) is 14.7 Å². The fourth-order valence-corrected chi connectivity index (χ4v) is 2.80. The van der Waals surface area contributed by atoms with Crippen molar-refractivity contribution in [1.82, 2.24) is 15.1 Å². The van der Waals surface area contributed by atoms with Gasteiger partial charge in [-0.15, -0.1) is 0 Å². The molecule has 2 rings (SSSR count). The molecular weight excluding hydrogens is 344 g/mol. The number of nitrogens with one attached hydrogen (secondary N) is 2. The van der Waals surface area contributed by atoms with Gasteiger partial charge in [0.1, 0.15) is 5.82 Å². The fraction of sp³-hybridized carbons (Fsp3) is 0.450. The molecule has 1 aromatic carbocycles.